The number of hydrogen-bond donors (Lipinski definition) is 3. The molecule has 4 heteroatoms. The summed E-state index contributed by atoms with van der Waals surface area (Å²) in [5.74, 6) is 0. The molecule has 0 aromatic rings. The van der Waals surface area contributed by atoms with Gasteiger partial charge in [0.25, 0.3) is 0 Å². The van der Waals surface area contributed by atoms with Gasteiger partial charge in [-0.1, -0.05) is 0 Å². The fourth-order valence-electron chi connectivity index (χ4n) is 2.49. The summed E-state index contributed by atoms with van der Waals surface area (Å²) in [7, 11) is 0. The molecule has 2 fully saturated rings. The van der Waals surface area contributed by atoms with E-state index in [1.807, 2.05) is 6.92 Å². The molecule has 2 unspecified atom stereocenters. The van der Waals surface area contributed by atoms with Crippen LogP contribution in [-0.4, -0.2) is 47.2 Å². The maximum absolute atomic E-state index is 10.2. The minimum atomic E-state index is -0.748. The highest BCUT2D eigenvalue weighted by molar-refractivity contribution is 4.94. The Morgan fingerprint density at radius 3 is 2.80 bits per heavy atom. The van der Waals surface area contributed by atoms with Crippen molar-refractivity contribution in [2.45, 2.75) is 56.5 Å². The molecule has 0 aromatic heterocycles. The van der Waals surface area contributed by atoms with Crippen LogP contribution >= 0.6 is 0 Å². The lowest BCUT2D eigenvalue weighted by molar-refractivity contribution is -0.0297. The molecule has 1 saturated heterocycles. The molecular formula is C11H21NO3. The van der Waals surface area contributed by atoms with Crippen LogP contribution in [0.25, 0.3) is 0 Å². The maximum Gasteiger partial charge on any atom is 0.105 e. The molecule has 1 heterocycles. The maximum atomic E-state index is 10.2. The van der Waals surface area contributed by atoms with Gasteiger partial charge >= 0.3 is 0 Å². The van der Waals surface area contributed by atoms with Gasteiger partial charge in [0.2, 0.25) is 0 Å². The first-order chi connectivity index (χ1) is 7.12. The van der Waals surface area contributed by atoms with E-state index in [4.69, 9.17) is 4.74 Å². The lowest BCUT2D eigenvalue weighted by atomic mass is 9.96. The van der Waals surface area contributed by atoms with Gasteiger partial charge in [-0.15, -0.1) is 0 Å². The quantitative estimate of drug-likeness (QED) is 0.621. The molecule has 4 nitrogen and oxygen atoms in total. The predicted molar refractivity (Wildman–Crippen MR) is 56.6 cm³/mol. The van der Waals surface area contributed by atoms with E-state index in [0.717, 1.165) is 19.3 Å². The Hall–Kier alpha value is -0.160. The topological polar surface area (TPSA) is 61.7 Å². The van der Waals surface area contributed by atoms with Crippen molar-refractivity contribution in [2.75, 3.05) is 13.2 Å². The van der Waals surface area contributed by atoms with Crippen molar-refractivity contribution in [3.05, 3.63) is 0 Å². The van der Waals surface area contributed by atoms with Crippen LogP contribution in [-0.2, 0) is 4.74 Å². The molecule has 0 spiro atoms. The van der Waals surface area contributed by atoms with Crippen molar-refractivity contribution >= 4 is 0 Å². The van der Waals surface area contributed by atoms with Crippen LogP contribution in [0.5, 0.6) is 0 Å². The second kappa shape index (κ2) is 4.37. The van der Waals surface area contributed by atoms with Crippen LogP contribution < -0.4 is 5.32 Å². The Balaban J connectivity index is 1.81. The first kappa shape index (κ1) is 11.3. The SMILES string of the molecule is CC1OCCC1(O)CN[C@H]1CCC[C@@H]1O. The van der Waals surface area contributed by atoms with Gasteiger partial charge in [-0.3, -0.25) is 0 Å². The fourth-order valence-corrected chi connectivity index (χ4v) is 2.49. The minimum Gasteiger partial charge on any atom is -0.392 e. The van der Waals surface area contributed by atoms with Gasteiger partial charge < -0.3 is 20.3 Å². The molecule has 1 saturated carbocycles. The molecule has 88 valence electrons. The normalized spacial score (nSPS) is 46.2. The number of aliphatic hydroxyl groups is 2. The van der Waals surface area contributed by atoms with Gasteiger partial charge in [0.1, 0.15) is 5.60 Å². The van der Waals surface area contributed by atoms with Crippen molar-refractivity contribution in [3.8, 4) is 0 Å². The second-order valence-corrected chi connectivity index (χ2v) is 4.85. The van der Waals surface area contributed by atoms with E-state index in [-0.39, 0.29) is 18.2 Å². The van der Waals surface area contributed by atoms with Crippen LogP contribution in [0, 0.1) is 0 Å². The highest BCUT2D eigenvalue weighted by Crippen LogP contribution is 2.26. The van der Waals surface area contributed by atoms with Crippen molar-refractivity contribution in [3.63, 3.8) is 0 Å². The number of nitrogens with one attached hydrogen (secondary N) is 1. The molecule has 4 atom stereocenters. The first-order valence-electron chi connectivity index (χ1n) is 5.87. The summed E-state index contributed by atoms with van der Waals surface area (Å²) in [6.45, 7) is 3.06. The highest BCUT2D eigenvalue weighted by atomic mass is 16.5. The largest absolute Gasteiger partial charge is 0.392 e. The lowest BCUT2D eigenvalue weighted by Crippen LogP contribution is -2.50. The Morgan fingerprint density at radius 2 is 2.27 bits per heavy atom. The van der Waals surface area contributed by atoms with Crippen LogP contribution in [0.2, 0.25) is 0 Å². The third-order valence-electron chi connectivity index (χ3n) is 3.81. The molecule has 2 rings (SSSR count). The average molecular weight is 215 g/mol. The van der Waals surface area contributed by atoms with E-state index in [2.05, 4.69) is 5.32 Å². The molecule has 2 aliphatic rings. The number of aliphatic hydroxyl groups excluding tert-OH is 1. The van der Waals surface area contributed by atoms with Crippen LogP contribution in [0.15, 0.2) is 0 Å². The first-order valence-corrected chi connectivity index (χ1v) is 5.87. The van der Waals surface area contributed by atoms with Gasteiger partial charge in [0.15, 0.2) is 0 Å². The average Bonchev–Trinajstić information content (AvgIpc) is 2.73. The smallest absolute Gasteiger partial charge is 0.105 e. The molecule has 15 heavy (non-hydrogen) atoms. The summed E-state index contributed by atoms with van der Waals surface area (Å²) in [6.07, 6.45) is 3.29. The van der Waals surface area contributed by atoms with Crippen LogP contribution in [0.1, 0.15) is 32.6 Å². The van der Waals surface area contributed by atoms with Crippen molar-refractivity contribution < 1.29 is 14.9 Å². The summed E-state index contributed by atoms with van der Waals surface area (Å²) in [5, 5.41) is 23.1. The monoisotopic (exact) mass is 215 g/mol. The van der Waals surface area contributed by atoms with Gasteiger partial charge in [0.05, 0.1) is 12.2 Å². The van der Waals surface area contributed by atoms with E-state index in [0.29, 0.717) is 19.6 Å². The molecule has 3 N–H and O–H groups in total. The summed E-state index contributed by atoms with van der Waals surface area (Å²) in [6, 6.07) is 0.154. The van der Waals surface area contributed by atoms with Gasteiger partial charge in [-0.25, -0.2) is 0 Å². The molecule has 1 aliphatic heterocycles. The molecule has 0 aromatic carbocycles. The zero-order valence-electron chi connectivity index (χ0n) is 9.28. The van der Waals surface area contributed by atoms with Gasteiger partial charge in [-0.2, -0.15) is 0 Å². The minimum absolute atomic E-state index is 0.108. The van der Waals surface area contributed by atoms with Crippen molar-refractivity contribution in [2.24, 2.45) is 0 Å². The lowest BCUT2D eigenvalue weighted by Gasteiger charge is -2.28. The van der Waals surface area contributed by atoms with E-state index in [9.17, 15) is 10.2 Å². The Bertz CT molecular complexity index is 224. The molecule has 0 bridgehead atoms. The summed E-state index contributed by atoms with van der Waals surface area (Å²) < 4.78 is 5.36. The number of rotatable bonds is 3. The second-order valence-electron chi connectivity index (χ2n) is 4.85. The van der Waals surface area contributed by atoms with Crippen molar-refractivity contribution in [1.29, 1.82) is 0 Å². The Morgan fingerprint density at radius 1 is 1.47 bits per heavy atom. The third kappa shape index (κ3) is 2.33. The molecule has 0 radical (unpaired) electrons. The predicted octanol–water partition coefficient (Wildman–Crippen LogP) is 0.0293. The zero-order chi connectivity index (χ0) is 10.9. The van der Waals surface area contributed by atoms with Gasteiger partial charge in [0, 0.05) is 25.6 Å². The molecular weight excluding hydrogens is 194 g/mol. The van der Waals surface area contributed by atoms with Gasteiger partial charge in [-0.05, 0) is 26.2 Å². The summed E-state index contributed by atoms with van der Waals surface area (Å²) >= 11 is 0. The third-order valence-corrected chi connectivity index (χ3v) is 3.81. The highest BCUT2D eigenvalue weighted by Gasteiger charge is 2.40. The zero-order valence-corrected chi connectivity index (χ0v) is 9.28. The van der Waals surface area contributed by atoms with Crippen LogP contribution in [0.3, 0.4) is 0 Å². The van der Waals surface area contributed by atoms with Crippen molar-refractivity contribution in [1.82, 2.24) is 5.32 Å². The molecule has 0 amide bonds. The Labute approximate surface area is 90.6 Å². The summed E-state index contributed by atoms with van der Waals surface area (Å²) in [4.78, 5) is 0. The molecule has 1 aliphatic carbocycles. The Kier molecular flexibility index (Phi) is 3.30. The number of ether oxygens (including phenoxy) is 1. The van der Waals surface area contributed by atoms with E-state index < -0.39 is 5.60 Å². The van der Waals surface area contributed by atoms with Crippen LogP contribution in [0.4, 0.5) is 0 Å². The van der Waals surface area contributed by atoms with E-state index >= 15 is 0 Å². The van der Waals surface area contributed by atoms with E-state index in [1.165, 1.54) is 0 Å². The summed E-state index contributed by atoms with van der Waals surface area (Å²) in [5.41, 5.74) is -0.748. The standard InChI is InChI=1S/C11H21NO3/c1-8-11(14,5-6-15-8)7-12-9-3-2-4-10(9)13/h8-10,12-14H,2-7H2,1H3/t8?,9-,10-,11?/m0/s1. The fraction of sp³-hybridized carbons (Fsp3) is 1.00. The van der Waals surface area contributed by atoms with E-state index in [1.54, 1.807) is 0 Å². The number of hydrogen-bond acceptors (Lipinski definition) is 4.